The summed E-state index contributed by atoms with van der Waals surface area (Å²) in [7, 11) is 0. The lowest BCUT2D eigenvalue weighted by Gasteiger charge is -2.07. The van der Waals surface area contributed by atoms with Gasteiger partial charge in [0.15, 0.2) is 0 Å². The van der Waals surface area contributed by atoms with Gasteiger partial charge in [0.2, 0.25) is 5.89 Å². The summed E-state index contributed by atoms with van der Waals surface area (Å²) in [5.41, 5.74) is 4.56. The third-order valence-corrected chi connectivity index (χ3v) is 4.88. The third-order valence-electron chi connectivity index (χ3n) is 4.88. The number of amides is 1. The maximum absolute atomic E-state index is 12.4. The molecule has 0 aliphatic carbocycles. The first-order valence-corrected chi connectivity index (χ1v) is 10.2. The minimum absolute atomic E-state index is 0.113. The van der Waals surface area contributed by atoms with E-state index in [4.69, 9.17) is 9.15 Å². The summed E-state index contributed by atoms with van der Waals surface area (Å²) in [4.78, 5) is 16.9. The Morgan fingerprint density at radius 3 is 2.45 bits per heavy atom. The fraction of sp³-hybridized carbons (Fsp3) is 0.154. The van der Waals surface area contributed by atoms with Gasteiger partial charge in [-0.25, -0.2) is 4.98 Å². The molecule has 0 radical (unpaired) electrons. The van der Waals surface area contributed by atoms with Crippen LogP contribution in [0.5, 0.6) is 5.75 Å². The van der Waals surface area contributed by atoms with Gasteiger partial charge in [0, 0.05) is 24.1 Å². The molecule has 1 N–H and O–H groups in total. The van der Waals surface area contributed by atoms with E-state index >= 15 is 0 Å². The molecule has 4 aromatic rings. The Balaban J connectivity index is 1.25. The van der Waals surface area contributed by atoms with E-state index in [0.29, 0.717) is 31.0 Å². The number of oxazole rings is 1. The van der Waals surface area contributed by atoms with Crippen molar-refractivity contribution in [3.63, 3.8) is 0 Å². The summed E-state index contributed by atoms with van der Waals surface area (Å²) in [6.07, 6.45) is 2.24. The quantitative estimate of drug-likeness (QED) is 0.432. The van der Waals surface area contributed by atoms with E-state index in [-0.39, 0.29) is 5.91 Å². The normalized spacial score (nSPS) is 10.6. The Morgan fingerprint density at radius 2 is 1.71 bits per heavy atom. The molecular formula is C26H24N2O3. The second-order valence-corrected chi connectivity index (χ2v) is 7.31. The van der Waals surface area contributed by atoms with Crippen LogP contribution in [0.3, 0.4) is 0 Å². The van der Waals surface area contributed by atoms with E-state index in [0.717, 1.165) is 22.6 Å². The number of carbonyl (C=O) groups excluding carboxylic acids is 1. The predicted molar refractivity (Wildman–Crippen MR) is 120 cm³/mol. The Bertz CT molecular complexity index is 1120. The van der Waals surface area contributed by atoms with E-state index in [1.165, 1.54) is 5.56 Å². The number of aromatic nitrogens is 1. The van der Waals surface area contributed by atoms with E-state index < -0.39 is 0 Å². The molecule has 0 aliphatic rings. The number of carbonyl (C=O) groups is 1. The smallest absolute Gasteiger partial charge is 0.251 e. The van der Waals surface area contributed by atoms with Gasteiger partial charge in [-0.1, -0.05) is 48.0 Å². The second-order valence-electron chi connectivity index (χ2n) is 7.31. The third kappa shape index (κ3) is 5.60. The lowest BCUT2D eigenvalue weighted by molar-refractivity contribution is 0.0954. The Kier molecular flexibility index (Phi) is 6.43. The van der Waals surface area contributed by atoms with E-state index in [1.807, 2.05) is 85.8 Å². The molecule has 1 amide bonds. The van der Waals surface area contributed by atoms with Gasteiger partial charge in [-0.05, 0) is 48.9 Å². The molecule has 0 bridgehead atoms. The first-order chi connectivity index (χ1) is 15.2. The molecular weight excluding hydrogens is 388 g/mol. The molecule has 1 heterocycles. The number of rotatable bonds is 8. The molecule has 156 valence electrons. The van der Waals surface area contributed by atoms with Crippen LogP contribution in [0.4, 0.5) is 0 Å². The zero-order valence-electron chi connectivity index (χ0n) is 17.4. The van der Waals surface area contributed by atoms with Gasteiger partial charge in [0.1, 0.15) is 18.6 Å². The molecule has 1 aromatic heterocycles. The van der Waals surface area contributed by atoms with Crippen LogP contribution in [0.25, 0.3) is 11.5 Å². The number of aryl methyl sites for hydroxylation is 1. The Labute approximate surface area is 181 Å². The number of benzene rings is 3. The second kappa shape index (κ2) is 9.76. The van der Waals surface area contributed by atoms with Crippen molar-refractivity contribution < 1.29 is 13.9 Å². The summed E-state index contributed by atoms with van der Waals surface area (Å²) < 4.78 is 11.3. The molecule has 5 nitrogen and oxygen atoms in total. The summed E-state index contributed by atoms with van der Waals surface area (Å²) in [5, 5.41) is 2.93. The fourth-order valence-corrected chi connectivity index (χ4v) is 3.09. The summed E-state index contributed by atoms with van der Waals surface area (Å²) in [5.74, 6) is 1.30. The maximum Gasteiger partial charge on any atom is 0.251 e. The van der Waals surface area contributed by atoms with Crippen LogP contribution >= 0.6 is 0 Å². The van der Waals surface area contributed by atoms with Crippen LogP contribution in [0.1, 0.15) is 27.2 Å². The summed E-state index contributed by atoms with van der Waals surface area (Å²) in [6.45, 7) is 2.98. The highest BCUT2D eigenvalue weighted by molar-refractivity contribution is 5.94. The first-order valence-electron chi connectivity index (χ1n) is 10.2. The zero-order chi connectivity index (χ0) is 21.5. The van der Waals surface area contributed by atoms with Crippen molar-refractivity contribution in [2.45, 2.75) is 20.0 Å². The van der Waals surface area contributed by atoms with Gasteiger partial charge in [-0.2, -0.15) is 0 Å². The van der Waals surface area contributed by atoms with Crippen molar-refractivity contribution in [2.75, 3.05) is 6.54 Å². The molecule has 0 atom stereocenters. The molecule has 4 rings (SSSR count). The van der Waals surface area contributed by atoms with Crippen LogP contribution in [-0.4, -0.2) is 17.4 Å². The van der Waals surface area contributed by atoms with Crippen molar-refractivity contribution in [1.29, 1.82) is 0 Å². The lowest BCUT2D eigenvalue weighted by atomic mass is 10.1. The molecule has 0 unspecified atom stereocenters. The molecule has 0 saturated heterocycles. The molecule has 0 saturated carbocycles. The highest BCUT2D eigenvalue weighted by atomic mass is 16.5. The molecule has 3 aromatic carbocycles. The van der Waals surface area contributed by atoms with Gasteiger partial charge in [-0.15, -0.1) is 0 Å². The van der Waals surface area contributed by atoms with Crippen molar-refractivity contribution in [3.05, 3.63) is 108 Å². The number of hydrogen-bond acceptors (Lipinski definition) is 4. The molecule has 0 spiro atoms. The minimum atomic E-state index is -0.113. The largest absolute Gasteiger partial charge is 0.489 e. The van der Waals surface area contributed by atoms with Crippen LogP contribution < -0.4 is 10.1 Å². The average molecular weight is 412 g/mol. The van der Waals surface area contributed by atoms with Crippen LogP contribution in [0.15, 0.2) is 89.5 Å². The van der Waals surface area contributed by atoms with Gasteiger partial charge in [0.05, 0.1) is 5.69 Å². The first kappa shape index (κ1) is 20.4. The van der Waals surface area contributed by atoms with Crippen LogP contribution in [0, 0.1) is 6.92 Å². The zero-order valence-corrected chi connectivity index (χ0v) is 17.4. The van der Waals surface area contributed by atoms with E-state index in [2.05, 4.69) is 10.3 Å². The number of para-hydroxylation sites is 1. The number of hydrogen-bond donors (Lipinski definition) is 1. The molecule has 5 heteroatoms. The van der Waals surface area contributed by atoms with Crippen molar-refractivity contribution in [2.24, 2.45) is 0 Å². The van der Waals surface area contributed by atoms with Crippen LogP contribution in [-0.2, 0) is 13.0 Å². The highest BCUT2D eigenvalue weighted by Gasteiger charge is 2.09. The SMILES string of the molecule is Cc1ccc(-c2nc(CCNC(=O)c3ccc(COc4ccccc4)cc3)co2)cc1. The van der Waals surface area contributed by atoms with Gasteiger partial charge < -0.3 is 14.5 Å². The van der Waals surface area contributed by atoms with Crippen molar-refractivity contribution >= 4 is 5.91 Å². The van der Waals surface area contributed by atoms with E-state index in [9.17, 15) is 4.79 Å². The Hall–Kier alpha value is -3.86. The summed E-state index contributed by atoms with van der Waals surface area (Å²) >= 11 is 0. The van der Waals surface area contributed by atoms with Gasteiger partial charge in [0.25, 0.3) is 5.91 Å². The predicted octanol–water partition coefficient (Wildman–Crippen LogP) is 5.20. The molecule has 31 heavy (non-hydrogen) atoms. The molecule has 0 aliphatic heterocycles. The number of ether oxygens (including phenoxy) is 1. The van der Waals surface area contributed by atoms with Crippen molar-refractivity contribution in [3.8, 4) is 17.2 Å². The van der Waals surface area contributed by atoms with Gasteiger partial charge in [-0.3, -0.25) is 4.79 Å². The Morgan fingerprint density at radius 1 is 0.968 bits per heavy atom. The maximum atomic E-state index is 12.4. The number of nitrogens with zero attached hydrogens (tertiary/aromatic N) is 1. The summed E-state index contributed by atoms with van der Waals surface area (Å²) in [6, 6.07) is 25.1. The van der Waals surface area contributed by atoms with Crippen molar-refractivity contribution in [1.82, 2.24) is 10.3 Å². The van der Waals surface area contributed by atoms with Crippen LogP contribution in [0.2, 0.25) is 0 Å². The fourth-order valence-electron chi connectivity index (χ4n) is 3.09. The van der Waals surface area contributed by atoms with E-state index in [1.54, 1.807) is 6.26 Å². The topological polar surface area (TPSA) is 64.4 Å². The number of nitrogens with one attached hydrogen (secondary N) is 1. The standard InChI is InChI=1S/C26H24N2O3/c1-19-7-11-22(12-8-19)26-28-23(18-31-26)15-16-27-25(29)21-13-9-20(10-14-21)17-30-24-5-3-2-4-6-24/h2-14,18H,15-17H2,1H3,(H,27,29). The minimum Gasteiger partial charge on any atom is -0.489 e. The average Bonchev–Trinajstić information content (AvgIpc) is 3.28. The monoisotopic (exact) mass is 412 g/mol. The van der Waals surface area contributed by atoms with Gasteiger partial charge >= 0.3 is 0 Å². The lowest BCUT2D eigenvalue weighted by Crippen LogP contribution is -2.25. The highest BCUT2D eigenvalue weighted by Crippen LogP contribution is 2.19. The molecule has 0 fully saturated rings.